The summed E-state index contributed by atoms with van der Waals surface area (Å²) in [7, 11) is 1.68. The number of nitrogens with zero attached hydrogens (tertiary/aromatic N) is 1. The number of carbonyl (C=O) groups is 2. The molecule has 3 saturated heterocycles. The van der Waals surface area contributed by atoms with Gasteiger partial charge in [0.15, 0.2) is 0 Å². The van der Waals surface area contributed by atoms with Crippen molar-refractivity contribution in [3.8, 4) is 0 Å². The van der Waals surface area contributed by atoms with Crippen LogP contribution in [0.1, 0.15) is 40.0 Å². The van der Waals surface area contributed by atoms with Crippen LogP contribution >= 0.6 is 0 Å². The zero-order valence-electron chi connectivity index (χ0n) is 18.8. The minimum atomic E-state index is -0.349. The van der Waals surface area contributed by atoms with Crippen molar-refractivity contribution in [2.24, 2.45) is 29.4 Å². The molecule has 5 fully saturated rings. The van der Waals surface area contributed by atoms with Gasteiger partial charge in [-0.05, 0) is 51.9 Å². The van der Waals surface area contributed by atoms with E-state index in [4.69, 9.17) is 24.7 Å². The maximum absolute atomic E-state index is 12.9. The Labute approximate surface area is 183 Å². The number of hydrogen-bond donors (Lipinski definition) is 1. The predicted octanol–water partition coefficient (Wildman–Crippen LogP) is 1.86. The summed E-state index contributed by atoms with van der Waals surface area (Å²) in [6, 6.07) is 0. The van der Waals surface area contributed by atoms with Gasteiger partial charge in [0.05, 0.1) is 18.6 Å². The van der Waals surface area contributed by atoms with Gasteiger partial charge in [-0.25, -0.2) is 4.79 Å². The first-order chi connectivity index (χ1) is 14.7. The Morgan fingerprint density at radius 2 is 1.94 bits per heavy atom. The lowest BCUT2D eigenvalue weighted by Gasteiger charge is -2.43. The molecule has 3 heterocycles. The fraction of sp³-hybridized carbons (Fsp3) is 0.826. The van der Waals surface area contributed by atoms with E-state index in [2.05, 4.69) is 26.8 Å². The van der Waals surface area contributed by atoms with E-state index < -0.39 is 0 Å². The molecule has 2 saturated carbocycles. The van der Waals surface area contributed by atoms with Crippen molar-refractivity contribution in [3.05, 3.63) is 11.6 Å². The molecular weight excluding hydrogens is 400 g/mol. The number of piperidine rings is 1. The molecule has 2 amide bonds. The van der Waals surface area contributed by atoms with Crippen molar-refractivity contribution in [1.82, 2.24) is 4.90 Å². The fourth-order valence-electron chi connectivity index (χ4n) is 6.37. The Hall–Kier alpha value is -1.64. The maximum atomic E-state index is 12.9. The van der Waals surface area contributed by atoms with Crippen LogP contribution < -0.4 is 5.73 Å². The third-order valence-corrected chi connectivity index (χ3v) is 8.27. The highest BCUT2D eigenvalue weighted by Gasteiger charge is 2.72. The van der Waals surface area contributed by atoms with Gasteiger partial charge in [-0.2, -0.15) is 0 Å². The second kappa shape index (κ2) is 7.18. The molecule has 31 heavy (non-hydrogen) atoms. The summed E-state index contributed by atoms with van der Waals surface area (Å²) in [5, 5.41) is 0. The first-order valence-electron chi connectivity index (χ1n) is 11.4. The number of carbonyl (C=O) groups excluding carboxylic acids is 2. The van der Waals surface area contributed by atoms with Gasteiger partial charge < -0.3 is 29.6 Å². The summed E-state index contributed by atoms with van der Waals surface area (Å²) in [6.07, 6.45) is 3.79. The van der Waals surface area contributed by atoms with E-state index >= 15 is 0 Å². The van der Waals surface area contributed by atoms with E-state index in [0.717, 1.165) is 12.8 Å². The molecule has 5 aliphatic rings. The number of allylic oxidation sites excluding steroid dienone is 1. The second-order valence-electron chi connectivity index (χ2n) is 10.5. The Balaban J connectivity index is 1.25. The SMILES string of the molecule is CO[C@H]1C([C@@]2(C)O[C@@H]2CC=C(C)C)[C@]2(CC[C@H]1OC(=O)N1C[C@@H]3[C@H](C1)[C@H]3C(N)=O)CO2. The van der Waals surface area contributed by atoms with Crippen LogP contribution in [-0.4, -0.2) is 73.2 Å². The Morgan fingerprint density at radius 1 is 1.26 bits per heavy atom. The van der Waals surface area contributed by atoms with Crippen molar-refractivity contribution in [2.75, 3.05) is 26.8 Å². The third kappa shape index (κ3) is 3.47. The summed E-state index contributed by atoms with van der Waals surface area (Å²) in [4.78, 5) is 26.0. The monoisotopic (exact) mass is 434 g/mol. The third-order valence-electron chi connectivity index (χ3n) is 8.27. The van der Waals surface area contributed by atoms with Crippen molar-refractivity contribution in [3.63, 3.8) is 0 Å². The molecule has 2 N–H and O–H groups in total. The first kappa shape index (κ1) is 21.2. The smallest absolute Gasteiger partial charge is 0.410 e. The number of primary amides is 1. The molecule has 0 aromatic carbocycles. The van der Waals surface area contributed by atoms with Crippen LogP contribution in [0, 0.1) is 23.7 Å². The number of fused-ring (bicyclic) bond motifs is 1. The largest absolute Gasteiger partial charge is 0.443 e. The lowest BCUT2D eigenvalue weighted by atomic mass is 9.68. The number of methoxy groups -OCH3 is 1. The van der Waals surface area contributed by atoms with Crippen LogP contribution in [0.5, 0.6) is 0 Å². The average molecular weight is 435 g/mol. The number of hydrogen-bond acceptors (Lipinski definition) is 6. The van der Waals surface area contributed by atoms with Gasteiger partial charge in [0, 0.05) is 26.1 Å². The molecule has 172 valence electrons. The van der Waals surface area contributed by atoms with Crippen LogP contribution in [0.25, 0.3) is 0 Å². The molecule has 1 spiro atoms. The van der Waals surface area contributed by atoms with E-state index in [1.165, 1.54) is 5.57 Å². The lowest BCUT2D eigenvalue weighted by Crippen LogP contribution is -2.56. The molecular formula is C23H34N2O6. The maximum Gasteiger partial charge on any atom is 0.410 e. The molecule has 0 radical (unpaired) electrons. The summed E-state index contributed by atoms with van der Waals surface area (Å²) >= 11 is 0. The summed E-state index contributed by atoms with van der Waals surface area (Å²) < 4.78 is 24.1. The van der Waals surface area contributed by atoms with E-state index in [9.17, 15) is 9.59 Å². The molecule has 3 aliphatic heterocycles. The molecule has 0 bridgehead atoms. The van der Waals surface area contributed by atoms with E-state index in [1.54, 1.807) is 12.0 Å². The van der Waals surface area contributed by atoms with Crippen LogP contribution in [0.4, 0.5) is 4.79 Å². The van der Waals surface area contributed by atoms with E-state index in [1.807, 2.05) is 0 Å². The van der Waals surface area contributed by atoms with Crippen LogP contribution in [0.15, 0.2) is 11.6 Å². The van der Waals surface area contributed by atoms with Gasteiger partial charge in [0.1, 0.15) is 23.4 Å². The predicted molar refractivity (Wildman–Crippen MR) is 111 cm³/mol. The molecule has 9 atom stereocenters. The van der Waals surface area contributed by atoms with Gasteiger partial charge in [0.25, 0.3) is 0 Å². The average Bonchev–Trinajstić information content (AvgIpc) is 3.67. The molecule has 1 unspecified atom stereocenters. The molecule has 0 aromatic heterocycles. The van der Waals surface area contributed by atoms with Gasteiger partial charge in [-0.3, -0.25) is 4.79 Å². The number of ether oxygens (including phenoxy) is 4. The molecule has 8 heteroatoms. The molecule has 0 aromatic rings. The van der Waals surface area contributed by atoms with Crippen LogP contribution in [0.3, 0.4) is 0 Å². The van der Waals surface area contributed by atoms with E-state index in [0.29, 0.717) is 26.1 Å². The van der Waals surface area contributed by atoms with Gasteiger partial charge in [-0.1, -0.05) is 11.6 Å². The van der Waals surface area contributed by atoms with Gasteiger partial charge in [0.2, 0.25) is 5.91 Å². The van der Waals surface area contributed by atoms with Gasteiger partial charge in [-0.15, -0.1) is 0 Å². The summed E-state index contributed by atoms with van der Waals surface area (Å²) in [6.45, 7) is 8.11. The minimum Gasteiger partial charge on any atom is -0.443 e. The first-order valence-corrected chi connectivity index (χ1v) is 11.4. The fourth-order valence-corrected chi connectivity index (χ4v) is 6.37. The topological polar surface area (TPSA) is 107 Å². The highest BCUT2D eigenvalue weighted by molar-refractivity contribution is 5.81. The highest BCUT2D eigenvalue weighted by atomic mass is 16.6. The Kier molecular flexibility index (Phi) is 4.92. The van der Waals surface area contributed by atoms with Crippen molar-refractivity contribution in [1.29, 1.82) is 0 Å². The van der Waals surface area contributed by atoms with Gasteiger partial charge >= 0.3 is 6.09 Å². The molecule has 2 aliphatic carbocycles. The van der Waals surface area contributed by atoms with Crippen molar-refractivity contribution >= 4 is 12.0 Å². The number of likely N-dealkylation sites (tertiary alicyclic amines) is 1. The number of nitrogens with two attached hydrogens (primary N) is 1. The lowest BCUT2D eigenvalue weighted by molar-refractivity contribution is -0.122. The second-order valence-corrected chi connectivity index (χ2v) is 10.5. The number of rotatable bonds is 6. The Bertz CT molecular complexity index is 794. The standard InChI is InChI=1S/C23H34N2O6/c1-12(2)5-6-16-22(3,31-16)19-18(28-4)15(7-8-23(19)11-29-23)30-21(27)25-9-13-14(10-25)17(13)20(24)26/h5,13-19H,6-11H2,1-4H3,(H2,24,26)/t13-,14+,15-,16-,17+,18-,19?,22+,23+/m1/s1. The normalized spacial score (nSPS) is 47.0. The minimum absolute atomic E-state index is 0.0123. The molecule has 8 nitrogen and oxygen atoms in total. The van der Waals surface area contributed by atoms with Crippen LogP contribution in [0.2, 0.25) is 0 Å². The number of amides is 2. The van der Waals surface area contributed by atoms with Crippen molar-refractivity contribution in [2.45, 2.75) is 69.5 Å². The quantitative estimate of drug-likeness (QED) is 0.505. The summed E-state index contributed by atoms with van der Waals surface area (Å²) in [5.74, 6) is 0.0673. The Morgan fingerprint density at radius 3 is 2.48 bits per heavy atom. The van der Waals surface area contributed by atoms with Crippen molar-refractivity contribution < 1.29 is 28.5 Å². The highest BCUT2D eigenvalue weighted by Crippen LogP contribution is 2.60. The number of epoxide rings is 2. The molecule has 5 rings (SSSR count). The van der Waals surface area contributed by atoms with Crippen LogP contribution in [-0.2, 0) is 23.7 Å². The zero-order valence-corrected chi connectivity index (χ0v) is 18.8. The van der Waals surface area contributed by atoms with E-state index in [-0.39, 0.29) is 65.2 Å². The summed E-state index contributed by atoms with van der Waals surface area (Å²) in [5.41, 5.74) is 6.11. The zero-order chi connectivity index (χ0) is 22.1.